The van der Waals surface area contributed by atoms with E-state index in [1.807, 2.05) is 50.2 Å². The van der Waals surface area contributed by atoms with Crippen molar-refractivity contribution in [2.24, 2.45) is 0 Å². The van der Waals surface area contributed by atoms with Crippen molar-refractivity contribution in [2.45, 2.75) is 20.0 Å². The van der Waals surface area contributed by atoms with E-state index >= 15 is 0 Å². The molecule has 0 spiro atoms. The molecule has 0 atom stereocenters. The number of pyridine rings is 1. The van der Waals surface area contributed by atoms with E-state index in [1.54, 1.807) is 37.6 Å². The number of hydrogen-bond donors (Lipinski definition) is 2. The van der Waals surface area contributed by atoms with E-state index < -0.39 is 0 Å². The monoisotopic (exact) mass is 377 g/mol. The normalized spacial score (nSPS) is 10.4. The predicted molar refractivity (Wildman–Crippen MR) is 111 cm³/mol. The van der Waals surface area contributed by atoms with Gasteiger partial charge in [0.25, 0.3) is 5.91 Å². The van der Waals surface area contributed by atoms with Crippen LogP contribution in [-0.4, -0.2) is 24.1 Å². The summed E-state index contributed by atoms with van der Waals surface area (Å²) in [6.07, 6.45) is 1.69. The Hall–Kier alpha value is -3.54. The lowest BCUT2D eigenvalue weighted by Gasteiger charge is -2.15. The van der Waals surface area contributed by atoms with Gasteiger partial charge < -0.3 is 20.1 Å². The van der Waals surface area contributed by atoms with Crippen LogP contribution in [0.4, 0.5) is 17.1 Å². The van der Waals surface area contributed by atoms with Crippen molar-refractivity contribution in [3.05, 3.63) is 72.6 Å². The maximum absolute atomic E-state index is 12.5. The van der Waals surface area contributed by atoms with E-state index in [9.17, 15) is 4.79 Å². The first kappa shape index (κ1) is 19.2. The van der Waals surface area contributed by atoms with Crippen molar-refractivity contribution in [1.29, 1.82) is 0 Å². The van der Waals surface area contributed by atoms with Crippen LogP contribution in [0.2, 0.25) is 0 Å². The highest BCUT2D eigenvalue weighted by molar-refractivity contribution is 6.03. The second kappa shape index (κ2) is 8.90. The minimum Gasteiger partial charge on any atom is -0.495 e. The van der Waals surface area contributed by atoms with Gasteiger partial charge in [0.1, 0.15) is 17.2 Å². The molecule has 0 saturated heterocycles. The molecule has 3 rings (SSSR count). The maximum atomic E-state index is 12.5. The molecule has 0 aliphatic carbocycles. The molecular weight excluding hydrogens is 354 g/mol. The molecule has 1 amide bonds. The zero-order valence-corrected chi connectivity index (χ0v) is 16.1. The minimum atomic E-state index is -0.306. The lowest BCUT2D eigenvalue weighted by atomic mass is 10.2. The number of anilines is 3. The van der Waals surface area contributed by atoms with Gasteiger partial charge in [-0.15, -0.1) is 0 Å². The lowest BCUT2D eigenvalue weighted by molar-refractivity contribution is 0.102. The summed E-state index contributed by atoms with van der Waals surface area (Å²) in [6, 6.07) is 18.4. The summed E-state index contributed by atoms with van der Waals surface area (Å²) in [5, 5.41) is 6.08. The molecule has 0 aliphatic rings. The number of carbonyl (C=O) groups is 1. The fourth-order valence-corrected chi connectivity index (χ4v) is 2.62. The first-order valence-corrected chi connectivity index (χ1v) is 9.00. The number of nitrogens with one attached hydrogen (secondary N) is 2. The highest BCUT2D eigenvalue weighted by Gasteiger charge is 2.11. The number of ether oxygens (including phenoxy) is 2. The number of para-hydroxylation sites is 4. The first-order chi connectivity index (χ1) is 13.6. The van der Waals surface area contributed by atoms with E-state index in [1.165, 1.54) is 0 Å². The Morgan fingerprint density at radius 3 is 2.25 bits per heavy atom. The van der Waals surface area contributed by atoms with Crippen molar-refractivity contribution < 1.29 is 14.3 Å². The molecule has 0 bridgehead atoms. The maximum Gasteiger partial charge on any atom is 0.274 e. The van der Waals surface area contributed by atoms with Crippen LogP contribution < -0.4 is 20.1 Å². The summed E-state index contributed by atoms with van der Waals surface area (Å²) in [6.45, 7) is 3.96. The van der Waals surface area contributed by atoms with Crippen molar-refractivity contribution in [1.82, 2.24) is 4.98 Å². The summed E-state index contributed by atoms with van der Waals surface area (Å²) >= 11 is 0. The van der Waals surface area contributed by atoms with Gasteiger partial charge in [0.2, 0.25) is 0 Å². The summed E-state index contributed by atoms with van der Waals surface area (Å²) < 4.78 is 11.1. The standard InChI is InChI=1S/C22H23N3O3/c1-15(2)28-21-11-7-5-9-18(21)24-16-12-13-19(23-14-16)22(26)25-17-8-4-6-10-20(17)27-3/h4-15,24H,1-3H3,(H,25,26). The van der Waals surface area contributed by atoms with Crippen LogP contribution in [0.5, 0.6) is 11.5 Å². The highest BCUT2D eigenvalue weighted by Crippen LogP contribution is 2.28. The van der Waals surface area contributed by atoms with E-state index in [-0.39, 0.29) is 12.0 Å². The Bertz CT molecular complexity index is 940. The minimum absolute atomic E-state index is 0.0714. The van der Waals surface area contributed by atoms with Crippen LogP contribution in [0.25, 0.3) is 0 Å². The van der Waals surface area contributed by atoms with Crippen molar-refractivity contribution in [3.8, 4) is 11.5 Å². The molecule has 6 nitrogen and oxygen atoms in total. The number of aromatic nitrogens is 1. The second-order valence-corrected chi connectivity index (χ2v) is 6.37. The van der Waals surface area contributed by atoms with Gasteiger partial charge in [-0.05, 0) is 50.2 Å². The van der Waals surface area contributed by atoms with Gasteiger partial charge in [-0.3, -0.25) is 4.79 Å². The third-order valence-electron chi connectivity index (χ3n) is 3.88. The second-order valence-electron chi connectivity index (χ2n) is 6.37. The summed E-state index contributed by atoms with van der Waals surface area (Å²) in [5.41, 5.74) is 2.50. The number of hydrogen-bond acceptors (Lipinski definition) is 5. The summed E-state index contributed by atoms with van der Waals surface area (Å²) in [5.74, 6) is 1.05. The molecule has 0 unspecified atom stereocenters. The SMILES string of the molecule is COc1ccccc1NC(=O)c1ccc(Nc2ccccc2OC(C)C)cn1. The third kappa shape index (κ3) is 4.79. The molecule has 6 heteroatoms. The Labute approximate surface area is 164 Å². The Morgan fingerprint density at radius 2 is 1.61 bits per heavy atom. The number of benzene rings is 2. The zero-order valence-electron chi connectivity index (χ0n) is 16.1. The summed E-state index contributed by atoms with van der Waals surface area (Å²) in [7, 11) is 1.56. The van der Waals surface area contributed by atoms with E-state index in [0.29, 0.717) is 17.1 Å². The number of amides is 1. The smallest absolute Gasteiger partial charge is 0.274 e. The van der Waals surface area contributed by atoms with Crippen LogP contribution in [0.3, 0.4) is 0 Å². The van der Waals surface area contributed by atoms with Crippen LogP contribution >= 0.6 is 0 Å². The van der Waals surface area contributed by atoms with Crippen LogP contribution in [0, 0.1) is 0 Å². The molecule has 0 radical (unpaired) electrons. The molecule has 0 saturated carbocycles. The molecule has 2 aromatic carbocycles. The first-order valence-electron chi connectivity index (χ1n) is 9.00. The molecule has 0 aliphatic heterocycles. The fraction of sp³-hybridized carbons (Fsp3) is 0.182. The van der Waals surface area contributed by atoms with Gasteiger partial charge in [0, 0.05) is 0 Å². The van der Waals surface area contributed by atoms with Crippen molar-refractivity contribution in [2.75, 3.05) is 17.7 Å². The van der Waals surface area contributed by atoms with Gasteiger partial charge in [0.05, 0.1) is 36.5 Å². The molecule has 1 aromatic heterocycles. The highest BCUT2D eigenvalue weighted by atomic mass is 16.5. The third-order valence-corrected chi connectivity index (χ3v) is 3.88. The molecule has 28 heavy (non-hydrogen) atoms. The Balaban J connectivity index is 1.71. The largest absolute Gasteiger partial charge is 0.495 e. The number of nitrogens with zero attached hydrogens (tertiary/aromatic N) is 1. The average molecular weight is 377 g/mol. The molecule has 0 fully saturated rings. The van der Waals surface area contributed by atoms with Crippen molar-refractivity contribution >= 4 is 23.0 Å². The molecule has 1 heterocycles. The molecule has 144 valence electrons. The van der Waals surface area contributed by atoms with E-state index in [2.05, 4.69) is 15.6 Å². The van der Waals surface area contributed by atoms with Gasteiger partial charge in [-0.1, -0.05) is 24.3 Å². The summed E-state index contributed by atoms with van der Waals surface area (Å²) in [4.78, 5) is 16.7. The fourth-order valence-electron chi connectivity index (χ4n) is 2.62. The van der Waals surface area contributed by atoms with Crippen LogP contribution in [-0.2, 0) is 0 Å². The topological polar surface area (TPSA) is 72.5 Å². The van der Waals surface area contributed by atoms with Crippen LogP contribution in [0.1, 0.15) is 24.3 Å². The van der Waals surface area contributed by atoms with E-state index in [0.717, 1.165) is 17.1 Å². The van der Waals surface area contributed by atoms with Crippen LogP contribution in [0.15, 0.2) is 66.9 Å². The predicted octanol–water partition coefficient (Wildman–Crippen LogP) is 4.87. The quantitative estimate of drug-likeness (QED) is 0.614. The molecular formula is C22H23N3O3. The number of carbonyl (C=O) groups excluding carboxylic acids is 1. The van der Waals surface area contributed by atoms with Gasteiger partial charge in [-0.25, -0.2) is 4.98 Å². The van der Waals surface area contributed by atoms with Gasteiger partial charge >= 0.3 is 0 Å². The van der Waals surface area contributed by atoms with Gasteiger partial charge in [0.15, 0.2) is 0 Å². The average Bonchev–Trinajstić information content (AvgIpc) is 2.70. The Morgan fingerprint density at radius 1 is 0.929 bits per heavy atom. The van der Waals surface area contributed by atoms with Gasteiger partial charge in [-0.2, -0.15) is 0 Å². The lowest BCUT2D eigenvalue weighted by Crippen LogP contribution is -2.14. The van der Waals surface area contributed by atoms with E-state index in [4.69, 9.17) is 9.47 Å². The number of methoxy groups -OCH3 is 1. The molecule has 2 N–H and O–H groups in total. The molecule has 3 aromatic rings. The number of rotatable bonds is 7. The van der Waals surface area contributed by atoms with Crippen molar-refractivity contribution in [3.63, 3.8) is 0 Å². The Kier molecular flexibility index (Phi) is 6.11. The zero-order chi connectivity index (χ0) is 19.9.